The van der Waals surface area contributed by atoms with Crippen molar-refractivity contribution in [1.29, 1.82) is 0 Å². The second-order valence-electron chi connectivity index (χ2n) is 1.86. The largest absolute Gasteiger partial charge is 0.433 e. The Hall–Kier alpha value is -1.15. The molecule has 5 heteroatoms. The molecule has 0 aliphatic carbocycles. The predicted octanol–water partition coefficient (Wildman–Crippen LogP) is 1.04. The predicted molar refractivity (Wildman–Crippen MR) is 49.9 cm³/mol. The zero-order valence-corrected chi connectivity index (χ0v) is 7.77. The Morgan fingerprint density at radius 3 is 3.00 bits per heavy atom. The van der Waals surface area contributed by atoms with Crippen molar-refractivity contribution < 1.29 is 9.63 Å². The van der Waals surface area contributed by atoms with Gasteiger partial charge in [0.2, 0.25) is 0 Å². The number of carbonyl (C=O) groups is 1. The van der Waals surface area contributed by atoms with E-state index in [-0.39, 0.29) is 0 Å². The van der Waals surface area contributed by atoms with Crippen LogP contribution in [0.25, 0.3) is 0 Å². The van der Waals surface area contributed by atoms with Gasteiger partial charge in [-0.2, -0.15) is 0 Å². The molecule has 0 saturated carbocycles. The number of amides is 1. The first-order valence-electron chi connectivity index (χ1n) is 3.20. The van der Waals surface area contributed by atoms with Gasteiger partial charge in [-0.05, 0) is 12.2 Å². The molecule has 0 atom stereocenters. The monoisotopic (exact) mass is 186 g/mol. The van der Waals surface area contributed by atoms with Crippen LogP contribution in [0.5, 0.6) is 0 Å². The summed E-state index contributed by atoms with van der Waals surface area (Å²) in [6.07, 6.45) is 4.41. The maximum atomic E-state index is 10.5. The summed E-state index contributed by atoms with van der Waals surface area (Å²) in [7, 11) is 1.46. The van der Waals surface area contributed by atoms with Gasteiger partial charge in [0.05, 0.1) is 5.71 Å². The van der Waals surface area contributed by atoms with E-state index in [4.69, 9.17) is 6.42 Å². The van der Waals surface area contributed by atoms with E-state index in [9.17, 15) is 4.79 Å². The number of hydrogen-bond acceptors (Lipinski definition) is 4. The van der Waals surface area contributed by atoms with E-state index >= 15 is 0 Å². The van der Waals surface area contributed by atoms with E-state index in [0.717, 1.165) is 0 Å². The molecule has 0 saturated heterocycles. The number of nitrogens with one attached hydrogen (secondary N) is 1. The minimum absolute atomic E-state index is 0.563. The van der Waals surface area contributed by atoms with Crippen molar-refractivity contribution in [3.05, 3.63) is 0 Å². The highest BCUT2D eigenvalue weighted by Crippen LogP contribution is 1.96. The van der Waals surface area contributed by atoms with Crippen LogP contribution in [-0.2, 0) is 4.84 Å². The molecular weight excluding hydrogens is 176 g/mol. The lowest BCUT2D eigenvalue weighted by Gasteiger charge is -1.96. The van der Waals surface area contributed by atoms with Gasteiger partial charge in [-0.15, -0.1) is 6.42 Å². The average molecular weight is 186 g/mol. The number of carbonyl (C=O) groups excluding carboxylic acids is 1. The van der Waals surface area contributed by atoms with Crippen molar-refractivity contribution >= 4 is 23.6 Å². The number of hydrogen-bond donors (Lipinski definition) is 1. The Kier molecular flexibility index (Phi) is 5.93. The summed E-state index contributed by atoms with van der Waals surface area (Å²) in [5.74, 6) is 0.563. The molecular formula is C7H10N2O2S. The summed E-state index contributed by atoms with van der Waals surface area (Å²) in [4.78, 5) is 14.9. The molecule has 0 aromatic carbocycles. The van der Waals surface area contributed by atoms with E-state index in [1.165, 1.54) is 18.8 Å². The van der Waals surface area contributed by atoms with Gasteiger partial charge in [-0.25, -0.2) is 4.79 Å². The van der Waals surface area contributed by atoms with E-state index in [2.05, 4.69) is 20.6 Å². The van der Waals surface area contributed by atoms with Crippen LogP contribution >= 0.6 is 11.8 Å². The SMILES string of the molecule is C#CSCC(C)=NOC(=O)NC. The molecule has 66 valence electrons. The van der Waals surface area contributed by atoms with E-state index in [1.807, 2.05) is 0 Å². The molecule has 0 aliphatic rings. The lowest BCUT2D eigenvalue weighted by molar-refractivity contribution is 0.153. The molecule has 12 heavy (non-hydrogen) atoms. The minimum Gasteiger partial charge on any atom is -0.323 e. The van der Waals surface area contributed by atoms with E-state index in [1.54, 1.807) is 6.92 Å². The molecule has 4 nitrogen and oxygen atoms in total. The quantitative estimate of drug-likeness (QED) is 0.310. The lowest BCUT2D eigenvalue weighted by atomic mass is 10.5. The summed E-state index contributed by atoms with van der Waals surface area (Å²) < 4.78 is 0. The first-order valence-corrected chi connectivity index (χ1v) is 4.19. The minimum atomic E-state index is -0.583. The molecule has 0 bridgehead atoms. The third kappa shape index (κ3) is 5.62. The second kappa shape index (κ2) is 6.55. The van der Waals surface area contributed by atoms with Crippen molar-refractivity contribution in [3.63, 3.8) is 0 Å². The second-order valence-corrected chi connectivity index (χ2v) is 2.67. The van der Waals surface area contributed by atoms with Gasteiger partial charge < -0.3 is 5.32 Å². The summed E-state index contributed by atoms with van der Waals surface area (Å²) in [6, 6.07) is 0. The third-order valence-corrected chi connectivity index (χ3v) is 1.58. The van der Waals surface area contributed by atoms with Gasteiger partial charge in [0, 0.05) is 12.8 Å². The smallest absolute Gasteiger partial charge is 0.323 e. The average Bonchev–Trinajstić information content (AvgIpc) is 2.10. The number of oxime groups is 1. The normalized spacial score (nSPS) is 10.2. The topological polar surface area (TPSA) is 50.7 Å². The first-order chi connectivity index (χ1) is 5.70. The van der Waals surface area contributed by atoms with Gasteiger partial charge >= 0.3 is 6.09 Å². The summed E-state index contributed by atoms with van der Waals surface area (Å²) in [5.41, 5.74) is 0.668. The fourth-order valence-electron chi connectivity index (χ4n) is 0.337. The molecule has 0 radical (unpaired) electrons. The van der Waals surface area contributed by atoms with E-state index < -0.39 is 6.09 Å². The molecule has 1 amide bonds. The van der Waals surface area contributed by atoms with Gasteiger partial charge in [-0.1, -0.05) is 16.9 Å². The van der Waals surface area contributed by atoms with Gasteiger partial charge in [-0.3, -0.25) is 4.84 Å². The Labute approximate surface area is 75.7 Å². The van der Waals surface area contributed by atoms with Crippen LogP contribution in [0.1, 0.15) is 6.92 Å². The molecule has 0 unspecified atom stereocenters. The fourth-order valence-corrected chi connectivity index (χ4v) is 0.682. The molecule has 0 rings (SSSR count). The molecule has 1 N–H and O–H groups in total. The van der Waals surface area contributed by atoms with Crippen LogP contribution in [0.2, 0.25) is 0 Å². The fraction of sp³-hybridized carbons (Fsp3) is 0.429. The Balaban J connectivity index is 3.70. The van der Waals surface area contributed by atoms with Gasteiger partial charge in [0.1, 0.15) is 0 Å². The Morgan fingerprint density at radius 1 is 1.83 bits per heavy atom. The molecule has 0 heterocycles. The van der Waals surface area contributed by atoms with Crippen molar-refractivity contribution in [2.75, 3.05) is 12.8 Å². The molecule has 0 aromatic rings. The Morgan fingerprint density at radius 2 is 2.50 bits per heavy atom. The summed E-state index contributed by atoms with van der Waals surface area (Å²) in [6.45, 7) is 1.73. The molecule has 0 aliphatic heterocycles. The van der Waals surface area contributed by atoms with Crippen LogP contribution in [0, 0.1) is 11.7 Å². The standard InChI is InChI=1S/C7H10N2O2S/c1-4-12-5-6(2)9-11-7(10)8-3/h1H,5H2,2-3H3,(H,8,10). The highest BCUT2D eigenvalue weighted by molar-refractivity contribution is 8.04. The molecule has 0 spiro atoms. The first kappa shape index (κ1) is 10.8. The Bertz CT molecular complexity index is 220. The lowest BCUT2D eigenvalue weighted by Crippen LogP contribution is -2.17. The maximum absolute atomic E-state index is 10.5. The van der Waals surface area contributed by atoms with Crippen molar-refractivity contribution in [3.8, 4) is 11.7 Å². The van der Waals surface area contributed by atoms with Gasteiger partial charge in [0.15, 0.2) is 0 Å². The number of rotatable bonds is 3. The van der Waals surface area contributed by atoms with Crippen molar-refractivity contribution in [2.45, 2.75) is 6.92 Å². The highest BCUT2D eigenvalue weighted by atomic mass is 32.2. The highest BCUT2D eigenvalue weighted by Gasteiger charge is 1.96. The molecule has 0 fully saturated rings. The van der Waals surface area contributed by atoms with Crippen LogP contribution in [0.4, 0.5) is 4.79 Å². The summed E-state index contributed by atoms with van der Waals surface area (Å²) in [5, 5.41) is 8.16. The molecule has 0 aromatic heterocycles. The van der Waals surface area contributed by atoms with Crippen molar-refractivity contribution in [2.24, 2.45) is 5.16 Å². The number of nitrogens with zero attached hydrogens (tertiary/aromatic N) is 1. The maximum Gasteiger partial charge on any atom is 0.433 e. The van der Waals surface area contributed by atoms with Crippen LogP contribution < -0.4 is 5.32 Å². The van der Waals surface area contributed by atoms with E-state index in [0.29, 0.717) is 11.5 Å². The van der Waals surface area contributed by atoms with Crippen LogP contribution in [-0.4, -0.2) is 24.6 Å². The van der Waals surface area contributed by atoms with Crippen molar-refractivity contribution in [1.82, 2.24) is 5.32 Å². The van der Waals surface area contributed by atoms with Crippen LogP contribution in [0.15, 0.2) is 5.16 Å². The van der Waals surface area contributed by atoms with Crippen LogP contribution in [0.3, 0.4) is 0 Å². The van der Waals surface area contributed by atoms with Gasteiger partial charge in [0.25, 0.3) is 0 Å². The zero-order chi connectivity index (χ0) is 9.40. The number of terminal acetylenes is 1. The zero-order valence-electron chi connectivity index (χ0n) is 6.96. The summed E-state index contributed by atoms with van der Waals surface area (Å²) >= 11 is 1.26. The number of thioether (sulfide) groups is 1. The third-order valence-electron chi connectivity index (χ3n) is 0.853.